The van der Waals surface area contributed by atoms with Crippen LogP contribution in [-0.4, -0.2) is 62.1 Å². The molecule has 2 N–H and O–H groups in total. The molecule has 0 saturated carbocycles. The van der Waals surface area contributed by atoms with Crippen molar-refractivity contribution in [3.63, 3.8) is 0 Å². The van der Waals surface area contributed by atoms with Crippen molar-refractivity contribution < 1.29 is 32.6 Å². The van der Waals surface area contributed by atoms with E-state index >= 15 is 0 Å². The van der Waals surface area contributed by atoms with E-state index in [-0.39, 0.29) is 34.3 Å². The van der Waals surface area contributed by atoms with E-state index in [2.05, 4.69) is 5.32 Å². The zero-order valence-corrected chi connectivity index (χ0v) is 24.3. The van der Waals surface area contributed by atoms with Gasteiger partial charge in [0.15, 0.2) is 0 Å². The van der Waals surface area contributed by atoms with Crippen LogP contribution >= 0.6 is 23.2 Å². The Morgan fingerprint density at radius 3 is 2.08 bits per heavy atom. The number of carbonyl (C=O) groups is 2. The largest absolute Gasteiger partial charge is 0.496 e. The normalized spacial score (nSPS) is 17.9. The number of benzene rings is 3. The second kappa shape index (κ2) is 11.7. The molecule has 0 aliphatic carbocycles. The molecule has 1 saturated heterocycles. The lowest BCUT2D eigenvalue weighted by Gasteiger charge is -2.47. The fraction of sp³-hybridized carbons (Fsp3) is 0.286. The zero-order chi connectivity index (χ0) is 29.2. The molecule has 0 bridgehead atoms. The first-order valence-corrected chi connectivity index (χ1v) is 14.4. The predicted molar refractivity (Wildman–Crippen MR) is 152 cm³/mol. The monoisotopic (exact) mass is 606 g/mol. The van der Waals surface area contributed by atoms with Gasteiger partial charge in [-0.25, -0.2) is 13.2 Å². The zero-order valence-electron chi connectivity index (χ0n) is 22.0. The van der Waals surface area contributed by atoms with E-state index in [1.165, 1.54) is 25.1 Å². The third-order valence-corrected chi connectivity index (χ3v) is 9.41. The summed E-state index contributed by atoms with van der Waals surface area (Å²) in [6.07, 6.45) is 0.200. The molecule has 0 spiro atoms. The van der Waals surface area contributed by atoms with Gasteiger partial charge in [-0.3, -0.25) is 4.79 Å². The second-order valence-corrected chi connectivity index (χ2v) is 12.2. The summed E-state index contributed by atoms with van der Waals surface area (Å²) in [4.78, 5) is 25.2. The van der Waals surface area contributed by atoms with Gasteiger partial charge in [-0.1, -0.05) is 53.5 Å². The average Bonchev–Trinajstić information content (AvgIpc) is 2.90. The Labute approximate surface area is 242 Å². The Morgan fingerprint density at radius 1 is 1.02 bits per heavy atom. The number of nitrogens with one attached hydrogen (secondary N) is 1. The van der Waals surface area contributed by atoms with Gasteiger partial charge in [0, 0.05) is 23.0 Å². The number of hydrogen-bond acceptors (Lipinski definition) is 6. The third-order valence-electron chi connectivity index (χ3n) is 6.98. The van der Waals surface area contributed by atoms with Crippen LogP contribution in [0.15, 0.2) is 65.6 Å². The predicted octanol–water partition coefficient (Wildman–Crippen LogP) is 4.64. The molecule has 4 rings (SSSR count). The average molecular weight is 608 g/mol. The highest BCUT2D eigenvalue weighted by Gasteiger charge is 2.53. The van der Waals surface area contributed by atoms with Crippen molar-refractivity contribution >= 4 is 45.1 Å². The number of ether oxygens (including phenoxy) is 2. The van der Waals surface area contributed by atoms with Crippen molar-refractivity contribution in [3.8, 4) is 22.6 Å². The van der Waals surface area contributed by atoms with Crippen LogP contribution in [0.4, 0.5) is 0 Å². The Morgan fingerprint density at radius 2 is 1.60 bits per heavy atom. The maximum atomic E-state index is 13.3. The van der Waals surface area contributed by atoms with Crippen LogP contribution in [0.5, 0.6) is 11.5 Å². The summed E-state index contributed by atoms with van der Waals surface area (Å²) in [5.41, 5.74) is 0.730. The fourth-order valence-electron chi connectivity index (χ4n) is 4.65. The summed E-state index contributed by atoms with van der Waals surface area (Å²) in [6, 6.07) is 15.2. The number of nitrogens with zero attached hydrogens (tertiary/aromatic N) is 1. The summed E-state index contributed by atoms with van der Waals surface area (Å²) in [7, 11) is -0.999. The first-order chi connectivity index (χ1) is 18.9. The van der Waals surface area contributed by atoms with Crippen molar-refractivity contribution in [2.75, 3.05) is 20.8 Å². The third kappa shape index (κ3) is 5.76. The molecule has 212 valence electrons. The molecular weight excluding hydrogens is 579 g/mol. The molecule has 0 aromatic heterocycles. The van der Waals surface area contributed by atoms with Gasteiger partial charge in [0.25, 0.3) is 0 Å². The van der Waals surface area contributed by atoms with Gasteiger partial charge in [-0.05, 0) is 54.8 Å². The Hall–Kier alpha value is -3.31. The number of hydrogen-bond donors (Lipinski definition) is 2. The molecule has 3 aromatic rings. The molecule has 0 radical (unpaired) electrons. The van der Waals surface area contributed by atoms with Crippen LogP contribution in [0, 0.1) is 0 Å². The van der Waals surface area contributed by atoms with Gasteiger partial charge in [0.1, 0.15) is 23.1 Å². The van der Waals surface area contributed by atoms with Gasteiger partial charge in [-0.15, -0.1) is 0 Å². The molecule has 2 unspecified atom stereocenters. The number of rotatable bonds is 10. The van der Waals surface area contributed by atoms with Crippen LogP contribution in [-0.2, 0) is 26.0 Å². The molecule has 1 fully saturated rings. The summed E-state index contributed by atoms with van der Waals surface area (Å²) >= 11 is 12.0. The van der Waals surface area contributed by atoms with Gasteiger partial charge >= 0.3 is 5.97 Å². The van der Waals surface area contributed by atoms with Crippen LogP contribution in [0.25, 0.3) is 11.1 Å². The number of methoxy groups -OCH3 is 2. The molecule has 1 aliphatic rings. The quantitative estimate of drug-likeness (QED) is 0.344. The number of carboxylic acid groups (broad SMARTS) is 1. The van der Waals surface area contributed by atoms with Crippen molar-refractivity contribution in [1.29, 1.82) is 0 Å². The number of sulfonamides is 1. The van der Waals surface area contributed by atoms with Crippen LogP contribution < -0.4 is 14.8 Å². The first-order valence-electron chi connectivity index (χ1n) is 12.2. The number of carbonyl (C=O) groups excluding carboxylic acids is 1. The van der Waals surface area contributed by atoms with Crippen molar-refractivity contribution in [2.45, 2.75) is 36.2 Å². The highest BCUT2D eigenvalue weighted by atomic mass is 35.5. The maximum Gasteiger partial charge on any atom is 0.326 e. The molecule has 1 heterocycles. The molecule has 9 nitrogen and oxygen atoms in total. The van der Waals surface area contributed by atoms with Crippen molar-refractivity contribution in [3.05, 3.63) is 76.3 Å². The Kier molecular flexibility index (Phi) is 8.65. The minimum absolute atomic E-state index is 0.0167. The smallest absolute Gasteiger partial charge is 0.326 e. The number of carboxylic acids is 1. The standard InChI is InChI=1S/C28H28Cl2N2O7S/c1-28(11-12-32(28)40(36,37)21-15-19(29)14-20(30)16-21)27(35)31-22(26(33)34)13-17-7-9-18(10-8-17)25-23(38-2)5-4-6-24(25)39-3/h4-10,14-16,22H,11-13H2,1-3H3,(H,31,35)(H,33,34). The minimum atomic E-state index is -4.12. The number of aliphatic carboxylic acids is 1. The highest BCUT2D eigenvalue weighted by molar-refractivity contribution is 7.89. The minimum Gasteiger partial charge on any atom is -0.496 e. The molecule has 40 heavy (non-hydrogen) atoms. The number of halogens is 2. The Bertz CT molecular complexity index is 1500. The van der Waals surface area contributed by atoms with Crippen molar-refractivity contribution in [2.24, 2.45) is 0 Å². The molecule has 2 atom stereocenters. The van der Waals surface area contributed by atoms with E-state index < -0.39 is 33.5 Å². The fourth-order valence-corrected chi connectivity index (χ4v) is 7.15. The van der Waals surface area contributed by atoms with Crippen LogP contribution in [0.2, 0.25) is 10.0 Å². The second-order valence-electron chi connectivity index (χ2n) is 9.51. The van der Waals surface area contributed by atoms with E-state index in [0.29, 0.717) is 17.1 Å². The highest BCUT2D eigenvalue weighted by Crippen LogP contribution is 2.39. The van der Waals surface area contributed by atoms with Crippen LogP contribution in [0.1, 0.15) is 18.9 Å². The molecule has 3 aromatic carbocycles. The van der Waals surface area contributed by atoms with Gasteiger partial charge in [0.2, 0.25) is 15.9 Å². The molecule has 12 heteroatoms. The molecular formula is C28H28Cl2N2O7S. The van der Waals surface area contributed by atoms with E-state index in [9.17, 15) is 23.1 Å². The van der Waals surface area contributed by atoms with Gasteiger partial charge < -0.3 is 19.9 Å². The van der Waals surface area contributed by atoms with E-state index in [1.54, 1.807) is 26.4 Å². The van der Waals surface area contributed by atoms with Crippen LogP contribution in [0.3, 0.4) is 0 Å². The maximum absolute atomic E-state index is 13.3. The molecule has 1 amide bonds. The number of amides is 1. The summed E-state index contributed by atoms with van der Waals surface area (Å²) in [5, 5.41) is 12.7. The summed E-state index contributed by atoms with van der Waals surface area (Å²) in [6.45, 7) is 1.55. The van der Waals surface area contributed by atoms with Gasteiger partial charge in [-0.2, -0.15) is 4.31 Å². The van der Waals surface area contributed by atoms with E-state index in [0.717, 1.165) is 15.4 Å². The van der Waals surface area contributed by atoms with Crippen molar-refractivity contribution in [1.82, 2.24) is 9.62 Å². The lowest BCUT2D eigenvalue weighted by molar-refractivity contribution is -0.145. The SMILES string of the molecule is COc1cccc(OC)c1-c1ccc(CC(NC(=O)C2(C)CCN2S(=O)(=O)c2cc(Cl)cc(Cl)c2)C(=O)O)cc1. The first kappa shape index (κ1) is 29.7. The Balaban J connectivity index is 1.52. The summed E-state index contributed by atoms with van der Waals surface area (Å²) < 4.78 is 38.5. The summed E-state index contributed by atoms with van der Waals surface area (Å²) in [5.74, 6) is -0.715. The van der Waals surface area contributed by atoms with E-state index in [4.69, 9.17) is 32.7 Å². The molecule has 1 aliphatic heterocycles. The lowest BCUT2D eigenvalue weighted by atomic mass is 9.88. The van der Waals surface area contributed by atoms with E-state index in [1.807, 2.05) is 30.3 Å². The topological polar surface area (TPSA) is 122 Å². The lowest BCUT2D eigenvalue weighted by Crippen LogP contribution is -2.68. The van der Waals surface area contributed by atoms with Gasteiger partial charge in [0.05, 0.1) is 24.7 Å².